The molecule has 5 heteroatoms. The third kappa shape index (κ3) is 3.66. The van der Waals surface area contributed by atoms with Crippen molar-refractivity contribution in [2.75, 3.05) is 7.11 Å². The normalized spacial score (nSPS) is 18.3. The van der Waals surface area contributed by atoms with Crippen molar-refractivity contribution in [2.24, 2.45) is 0 Å². The monoisotopic (exact) mass is 178 g/mol. The van der Waals surface area contributed by atoms with Crippen molar-refractivity contribution >= 4 is 5.97 Å². The summed E-state index contributed by atoms with van der Waals surface area (Å²) in [7, 11) is 1.34. The molecule has 2 N–H and O–H groups in total. The van der Waals surface area contributed by atoms with E-state index in [2.05, 4.69) is 0 Å². The Morgan fingerprint density at radius 3 is 2.17 bits per heavy atom. The van der Waals surface area contributed by atoms with E-state index in [-0.39, 0.29) is 0 Å². The molecular weight excluding hydrogens is 164 g/mol. The maximum atomic E-state index is 10.3. The zero-order valence-electron chi connectivity index (χ0n) is 7.35. The Balaban J connectivity index is 3.93. The van der Waals surface area contributed by atoms with Gasteiger partial charge in [0.1, 0.15) is 6.10 Å². The van der Waals surface area contributed by atoms with E-state index in [0.717, 1.165) is 0 Å². The highest BCUT2D eigenvalue weighted by Gasteiger charge is 2.21. The second kappa shape index (κ2) is 5.08. The molecular formula is C7H14O5. The standard InChI is InChI=1S/C7H14O5/c1-4(8)7(11-3)12-5(2)6(9)10/h4-5,7-8H,1-3H3,(H,9,10). The van der Waals surface area contributed by atoms with E-state index in [1.54, 1.807) is 0 Å². The average Bonchev–Trinajstić information content (AvgIpc) is 1.98. The fraction of sp³-hybridized carbons (Fsp3) is 0.857. The minimum atomic E-state index is -1.09. The van der Waals surface area contributed by atoms with Crippen LogP contribution in [0, 0.1) is 0 Å². The lowest BCUT2D eigenvalue weighted by atomic mass is 10.3. The van der Waals surface area contributed by atoms with Gasteiger partial charge in [-0.25, -0.2) is 4.79 Å². The minimum absolute atomic E-state index is 0.850. The summed E-state index contributed by atoms with van der Waals surface area (Å²) >= 11 is 0. The van der Waals surface area contributed by atoms with E-state index in [0.29, 0.717) is 0 Å². The summed E-state index contributed by atoms with van der Waals surface area (Å²) in [6.07, 6.45) is -2.72. The van der Waals surface area contributed by atoms with Crippen LogP contribution in [0.15, 0.2) is 0 Å². The molecule has 0 aliphatic rings. The minimum Gasteiger partial charge on any atom is -0.479 e. The number of aliphatic hydroxyl groups excluding tert-OH is 1. The summed E-state index contributed by atoms with van der Waals surface area (Å²) in [5.41, 5.74) is 0. The molecule has 12 heavy (non-hydrogen) atoms. The van der Waals surface area contributed by atoms with Crippen molar-refractivity contribution in [3.8, 4) is 0 Å². The predicted molar refractivity (Wildman–Crippen MR) is 40.7 cm³/mol. The second-order valence-electron chi connectivity index (χ2n) is 2.46. The summed E-state index contributed by atoms with van der Waals surface area (Å²) in [6, 6.07) is 0. The van der Waals surface area contributed by atoms with Gasteiger partial charge in [-0.05, 0) is 13.8 Å². The topological polar surface area (TPSA) is 76.0 Å². The summed E-state index contributed by atoms with van der Waals surface area (Å²) in [6.45, 7) is 2.83. The molecule has 0 aliphatic carbocycles. The molecule has 0 rings (SSSR count). The van der Waals surface area contributed by atoms with E-state index in [1.807, 2.05) is 0 Å². The molecule has 0 heterocycles. The largest absolute Gasteiger partial charge is 0.479 e. The molecule has 0 aliphatic heterocycles. The Labute approximate surface area is 70.9 Å². The number of hydrogen-bond donors (Lipinski definition) is 2. The average molecular weight is 178 g/mol. The Bertz CT molecular complexity index is 145. The van der Waals surface area contributed by atoms with Gasteiger partial charge in [-0.3, -0.25) is 0 Å². The van der Waals surface area contributed by atoms with E-state index in [4.69, 9.17) is 19.7 Å². The number of ether oxygens (including phenoxy) is 2. The van der Waals surface area contributed by atoms with Crippen LogP contribution >= 0.6 is 0 Å². The first kappa shape index (κ1) is 11.4. The van der Waals surface area contributed by atoms with Crippen molar-refractivity contribution in [3.05, 3.63) is 0 Å². The highest BCUT2D eigenvalue weighted by atomic mass is 16.7. The van der Waals surface area contributed by atoms with Crippen LogP contribution in [0.4, 0.5) is 0 Å². The van der Waals surface area contributed by atoms with Gasteiger partial charge in [-0.15, -0.1) is 0 Å². The zero-order chi connectivity index (χ0) is 9.72. The molecule has 0 aromatic carbocycles. The Morgan fingerprint density at radius 1 is 1.42 bits per heavy atom. The first-order chi connectivity index (χ1) is 5.49. The van der Waals surface area contributed by atoms with E-state index < -0.39 is 24.5 Å². The van der Waals surface area contributed by atoms with Crippen LogP contribution in [0.2, 0.25) is 0 Å². The highest BCUT2D eigenvalue weighted by Crippen LogP contribution is 2.04. The third-order valence-corrected chi connectivity index (χ3v) is 1.31. The predicted octanol–water partition coefficient (Wildman–Crippen LogP) is -0.171. The molecule has 0 aromatic rings. The van der Waals surface area contributed by atoms with Crippen LogP contribution in [0.3, 0.4) is 0 Å². The first-order valence-corrected chi connectivity index (χ1v) is 3.58. The molecule has 0 amide bonds. The molecule has 72 valence electrons. The van der Waals surface area contributed by atoms with Gasteiger partial charge >= 0.3 is 5.97 Å². The van der Waals surface area contributed by atoms with E-state index in [9.17, 15) is 4.79 Å². The molecule has 0 saturated carbocycles. The van der Waals surface area contributed by atoms with E-state index in [1.165, 1.54) is 21.0 Å². The van der Waals surface area contributed by atoms with Crippen LogP contribution in [0.25, 0.3) is 0 Å². The van der Waals surface area contributed by atoms with Crippen LogP contribution in [-0.4, -0.2) is 41.8 Å². The number of aliphatic hydroxyl groups is 1. The van der Waals surface area contributed by atoms with Crippen molar-refractivity contribution in [1.82, 2.24) is 0 Å². The first-order valence-electron chi connectivity index (χ1n) is 3.58. The molecule has 3 atom stereocenters. The lowest BCUT2D eigenvalue weighted by molar-refractivity contribution is -0.205. The number of rotatable bonds is 5. The van der Waals surface area contributed by atoms with Gasteiger partial charge in [0.15, 0.2) is 12.4 Å². The SMILES string of the molecule is COC(OC(C)C(=O)O)C(C)O. The number of carboxylic acid groups (broad SMARTS) is 1. The van der Waals surface area contributed by atoms with Gasteiger partial charge in [0.2, 0.25) is 0 Å². The van der Waals surface area contributed by atoms with Gasteiger partial charge in [0.05, 0.1) is 0 Å². The third-order valence-electron chi connectivity index (χ3n) is 1.31. The molecule has 0 fully saturated rings. The Morgan fingerprint density at radius 2 is 1.92 bits per heavy atom. The lowest BCUT2D eigenvalue weighted by Gasteiger charge is -2.20. The maximum Gasteiger partial charge on any atom is 0.332 e. The van der Waals surface area contributed by atoms with Gasteiger partial charge in [0, 0.05) is 7.11 Å². The van der Waals surface area contributed by atoms with E-state index >= 15 is 0 Å². The molecule has 0 bridgehead atoms. The van der Waals surface area contributed by atoms with Crippen molar-refractivity contribution in [2.45, 2.75) is 32.3 Å². The quantitative estimate of drug-likeness (QED) is 0.571. The fourth-order valence-electron chi connectivity index (χ4n) is 0.626. The summed E-state index contributed by atoms with van der Waals surface area (Å²) in [4.78, 5) is 10.3. The Hall–Kier alpha value is -0.650. The van der Waals surface area contributed by atoms with Crippen molar-refractivity contribution in [1.29, 1.82) is 0 Å². The van der Waals surface area contributed by atoms with Crippen LogP contribution in [0.5, 0.6) is 0 Å². The van der Waals surface area contributed by atoms with Crippen LogP contribution in [-0.2, 0) is 14.3 Å². The van der Waals surface area contributed by atoms with Crippen LogP contribution < -0.4 is 0 Å². The van der Waals surface area contributed by atoms with Crippen molar-refractivity contribution < 1.29 is 24.5 Å². The molecule has 5 nitrogen and oxygen atoms in total. The number of carboxylic acids is 1. The molecule has 3 unspecified atom stereocenters. The smallest absolute Gasteiger partial charge is 0.332 e. The number of hydrogen-bond acceptors (Lipinski definition) is 4. The highest BCUT2D eigenvalue weighted by molar-refractivity contribution is 5.71. The molecule has 0 aromatic heterocycles. The summed E-state index contributed by atoms with van der Waals surface area (Å²) < 4.78 is 9.55. The van der Waals surface area contributed by atoms with Gasteiger partial charge in [0.25, 0.3) is 0 Å². The van der Waals surface area contributed by atoms with Crippen LogP contribution in [0.1, 0.15) is 13.8 Å². The number of carbonyl (C=O) groups is 1. The Kier molecular flexibility index (Phi) is 4.80. The van der Waals surface area contributed by atoms with Gasteiger partial charge in [-0.2, -0.15) is 0 Å². The molecule has 0 radical (unpaired) electrons. The van der Waals surface area contributed by atoms with Gasteiger partial charge in [-0.1, -0.05) is 0 Å². The second-order valence-corrected chi connectivity index (χ2v) is 2.46. The maximum absolute atomic E-state index is 10.3. The zero-order valence-corrected chi connectivity index (χ0v) is 7.35. The number of aliphatic carboxylic acids is 1. The van der Waals surface area contributed by atoms with Gasteiger partial charge < -0.3 is 19.7 Å². The summed E-state index contributed by atoms with van der Waals surface area (Å²) in [5.74, 6) is -1.09. The lowest BCUT2D eigenvalue weighted by Crippen LogP contribution is -2.34. The number of methoxy groups -OCH3 is 1. The fourth-order valence-corrected chi connectivity index (χ4v) is 0.626. The van der Waals surface area contributed by atoms with Crippen molar-refractivity contribution in [3.63, 3.8) is 0 Å². The molecule has 0 saturated heterocycles. The summed E-state index contributed by atoms with van der Waals surface area (Å²) in [5, 5.41) is 17.4. The molecule has 0 spiro atoms.